The number of methoxy groups -OCH3 is 1. The molecule has 0 aliphatic rings. The smallest absolute Gasteiger partial charge is 0.356 e. The number of esters is 1. The fourth-order valence-electron chi connectivity index (χ4n) is 0.719. The number of carbonyl (C=O) groups is 1. The van der Waals surface area contributed by atoms with E-state index in [1.807, 2.05) is 5.40 Å². The Balaban J connectivity index is 2.82. The van der Waals surface area contributed by atoms with Crippen LogP contribution in [0.2, 0.25) is 0 Å². The average molecular weight is 194 g/mol. The highest BCUT2D eigenvalue weighted by molar-refractivity contribution is 8.03. The van der Waals surface area contributed by atoms with Crippen molar-refractivity contribution >= 4 is 17.7 Å². The Bertz CT molecular complexity index is 342. The number of rotatable bonds is 2. The van der Waals surface area contributed by atoms with Gasteiger partial charge in [-0.2, -0.15) is 5.26 Å². The van der Waals surface area contributed by atoms with Crippen LogP contribution in [-0.2, 0) is 4.74 Å². The highest BCUT2D eigenvalue weighted by atomic mass is 32.2. The number of nitriles is 1. The van der Waals surface area contributed by atoms with E-state index in [0.29, 0.717) is 4.90 Å². The number of thiocyanates is 1. The van der Waals surface area contributed by atoms with E-state index < -0.39 is 5.97 Å². The van der Waals surface area contributed by atoms with Crippen LogP contribution in [0.15, 0.2) is 23.2 Å². The largest absolute Gasteiger partial charge is 0.464 e. The molecule has 66 valence electrons. The molecule has 4 nitrogen and oxygen atoms in total. The lowest BCUT2D eigenvalue weighted by Crippen LogP contribution is -2.03. The zero-order valence-electron chi connectivity index (χ0n) is 6.85. The standard InChI is InChI=1S/C8H6N2O2S/c1-12-8(11)7-3-2-6(4-10-7)13-5-9/h2-4H,1H3. The number of nitrogens with zero attached hydrogens (tertiary/aromatic N) is 2. The number of pyridine rings is 1. The summed E-state index contributed by atoms with van der Waals surface area (Å²) in [7, 11) is 1.29. The van der Waals surface area contributed by atoms with Gasteiger partial charge in [-0.1, -0.05) is 0 Å². The van der Waals surface area contributed by atoms with Crippen LogP contribution in [0.5, 0.6) is 0 Å². The summed E-state index contributed by atoms with van der Waals surface area (Å²) >= 11 is 0.994. The Morgan fingerprint density at radius 2 is 2.46 bits per heavy atom. The van der Waals surface area contributed by atoms with Crippen LogP contribution in [0, 0.1) is 10.7 Å². The zero-order valence-corrected chi connectivity index (χ0v) is 7.67. The summed E-state index contributed by atoms with van der Waals surface area (Å²) in [4.78, 5) is 15.5. The first kappa shape index (κ1) is 9.55. The third-order valence-electron chi connectivity index (χ3n) is 1.29. The first-order chi connectivity index (χ1) is 6.27. The Hall–Kier alpha value is -1.54. The van der Waals surface area contributed by atoms with Crippen molar-refractivity contribution in [3.63, 3.8) is 0 Å². The molecule has 1 heterocycles. The van der Waals surface area contributed by atoms with Crippen molar-refractivity contribution in [2.75, 3.05) is 7.11 Å². The van der Waals surface area contributed by atoms with Crippen LogP contribution in [0.4, 0.5) is 0 Å². The van der Waals surface area contributed by atoms with Crippen LogP contribution in [0.25, 0.3) is 0 Å². The second-order valence-corrected chi connectivity index (χ2v) is 2.92. The maximum atomic E-state index is 10.9. The van der Waals surface area contributed by atoms with E-state index in [9.17, 15) is 4.79 Å². The molecule has 0 unspecified atom stereocenters. The minimum Gasteiger partial charge on any atom is -0.464 e. The molecular weight excluding hydrogens is 188 g/mol. The molecular formula is C8H6N2O2S. The van der Waals surface area contributed by atoms with Gasteiger partial charge >= 0.3 is 5.97 Å². The molecule has 13 heavy (non-hydrogen) atoms. The van der Waals surface area contributed by atoms with Gasteiger partial charge in [0.05, 0.1) is 7.11 Å². The van der Waals surface area contributed by atoms with E-state index in [2.05, 4.69) is 9.72 Å². The third kappa shape index (κ3) is 2.46. The molecule has 0 atom stereocenters. The fraction of sp³-hybridized carbons (Fsp3) is 0.125. The second kappa shape index (κ2) is 4.48. The average Bonchev–Trinajstić information content (AvgIpc) is 2.18. The SMILES string of the molecule is COC(=O)c1ccc(SC#N)cn1. The molecule has 0 aliphatic heterocycles. The Kier molecular flexibility index (Phi) is 3.29. The summed E-state index contributed by atoms with van der Waals surface area (Å²) in [6.45, 7) is 0. The number of carbonyl (C=O) groups excluding carboxylic acids is 1. The first-order valence-electron chi connectivity index (χ1n) is 3.38. The summed E-state index contributed by atoms with van der Waals surface area (Å²) in [5.74, 6) is -0.478. The van der Waals surface area contributed by atoms with Gasteiger partial charge < -0.3 is 4.74 Å². The fourth-order valence-corrected chi connectivity index (χ4v) is 1.07. The number of hydrogen-bond acceptors (Lipinski definition) is 5. The lowest BCUT2D eigenvalue weighted by Gasteiger charge is -1.97. The van der Waals surface area contributed by atoms with Crippen LogP contribution in [0.3, 0.4) is 0 Å². The third-order valence-corrected chi connectivity index (χ3v) is 1.86. The highest BCUT2D eigenvalue weighted by Gasteiger charge is 2.05. The van der Waals surface area contributed by atoms with Gasteiger partial charge in [0.25, 0.3) is 0 Å². The molecule has 5 heteroatoms. The quantitative estimate of drug-likeness (QED) is 0.405. The summed E-state index contributed by atoms with van der Waals surface area (Å²) in [5.41, 5.74) is 0.241. The van der Waals surface area contributed by atoms with Gasteiger partial charge in [0, 0.05) is 11.1 Å². The van der Waals surface area contributed by atoms with Crippen molar-refractivity contribution in [1.82, 2.24) is 4.98 Å². The topological polar surface area (TPSA) is 63.0 Å². The minimum absolute atomic E-state index is 0.241. The van der Waals surface area contributed by atoms with E-state index in [4.69, 9.17) is 5.26 Å². The minimum atomic E-state index is -0.478. The normalized spacial score (nSPS) is 8.92. The Morgan fingerprint density at radius 1 is 1.69 bits per heavy atom. The highest BCUT2D eigenvalue weighted by Crippen LogP contribution is 2.14. The maximum absolute atomic E-state index is 10.9. The molecule has 0 aliphatic carbocycles. The van der Waals surface area contributed by atoms with Crippen molar-refractivity contribution < 1.29 is 9.53 Å². The molecule has 0 N–H and O–H groups in total. The number of hydrogen-bond donors (Lipinski definition) is 0. The van der Waals surface area contributed by atoms with E-state index in [-0.39, 0.29) is 5.69 Å². The van der Waals surface area contributed by atoms with Gasteiger partial charge in [-0.05, 0) is 23.9 Å². The number of ether oxygens (including phenoxy) is 1. The molecule has 1 aromatic heterocycles. The predicted molar refractivity (Wildman–Crippen MR) is 47.0 cm³/mol. The molecule has 1 rings (SSSR count). The van der Waals surface area contributed by atoms with Gasteiger partial charge in [-0.3, -0.25) is 0 Å². The van der Waals surface area contributed by atoms with E-state index in [0.717, 1.165) is 11.8 Å². The summed E-state index contributed by atoms with van der Waals surface area (Å²) < 4.78 is 4.46. The predicted octanol–water partition coefficient (Wildman–Crippen LogP) is 1.44. The van der Waals surface area contributed by atoms with Crippen LogP contribution >= 0.6 is 11.8 Å². The monoisotopic (exact) mass is 194 g/mol. The van der Waals surface area contributed by atoms with E-state index in [1.165, 1.54) is 19.4 Å². The lowest BCUT2D eigenvalue weighted by atomic mass is 10.3. The van der Waals surface area contributed by atoms with Crippen LogP contribution in [-0.4, -0.2) is 18.1 Å². The van der Waals surface area contributed by atoms with Crippen molar-refractivity contribution in [3.05, 3.63) is 24.0 Å². The number of thioether (sulfide) groups is 1. The zero-order chi connectivity index (χ0) is 9.68. The van der Waals surface area contributed by atoms with Crippen LogP contribution in [0.1, 0.15) is 10.5 Å². The number of aromatic nitrogens is 1. The van der Waals surface area contributed by atoms with Gasteiger partial charge in [-0.15, -0.1) is 0 Å². The molecule has 0 saturated heterocycles. The summed E-state index contributed by atoms with van der Waals surface area (Å²) in [6, 6.07) is 3.17. The summed E-state index contributed by atoms with van der Waals surface area (Å²) in [6.07, 6.45) is 1.46. The van der Waals surface area contributed by atoms with Gasteiger partial charge in [0.1, 0.15) is 11.1 Å². The molecule has 0 spiro atoms. The second-order valence-electron chi connectivity index (χ2n) is 2.06. The molecule has 1 aromatic rings. The molecule has 0 fully saturated rings. The van der Waals surface area contributed by atoms with E-state index in [1.54, 1.807) is 6.07 Å². The van der Waals surface area contributed by atoms with E-state index >= 15 is 0 Å². The van der Waals surface area contributed by atoms with Crippen molar-refractivity contribution in [1.29, 1.82) is 5.26 Å². The van der Waals surface area contributed by atoms with Crippen molar-refractivity contribution in [2.45, 2.75) is 4.90 Å². The lowest BCUT2D eigenvalue weighted by molar-refractivity contribution is 0.0594. The molecule has 0 amide bonds. The maximum Gasteiger partial charge on any atom is 0.356 e. The molecule has 0 bridgehead atoms. The molecule has 0 aromatic carbocycles. The Morgan fingerprint density at radius 3 is 2.92 bits per heavy atom. The summed E-state index contributed by atoms with van der Waals surface area (Å²) in [5, 5.41) is 10.2. The van der Waals surface area contributed by atoms with Crippen molar-refractivity contribution in [3.8, 4) is 5.40 Å². The van der Waals surface area contributed by atoms with Crippen molar-refractivity contribution in [2.24, 2.45) is 0 Å². The molecule has 0 saturated carbocycles. The van der Waals surface area contributed by atoms with Gasteiger partial charge in [0.2, 0.25) is 0 Å². The Labute approximate surface area is 79.5 Å². The van der Waals surface area contributed by atoms with Gasteiger partial charge in [0.15, 0.2) is 0 Å². The van der Waals surface area contributed by atoms with Crippen LogP contribution < -0.4 is 0 Å². The first-order valence-corrected chi connectivity index (χ1v) is 4.20. The molecule has 0 radical (unpaired) electrons. The van der Waals surface area contributed by atoms with Gasteiger partial charge in [-0.25, -0.2) is 9.78 Å².